The summed E-state index contributed by atoms with van der Waals surface area (Å²) in [6.07, 6.45) is -1.73. The summed E-state index contributed by atoms with van der Waals surface area (Å²) >= 11 is 0. The van der Waals surface area contributed by atoms with Gasteiger partial charge in [0.1, 0.15) is 11.2 Å². The lowest BCUT2D eigenvalue weighted by Gasteiger charge is -2.47. The second-order valence-electron chi connectivity index (χ2n) is 8.32. The van der Waals surface area contributed by atoms with Crippen molar-refractivity contribution in [3.8, 4) is 0 Å². The normalized spacial score (nSPS) is 23.7. The van der Waals surface area contributed by atoms with Crippen LogP contribution in [0.3, 0.4) is 0 Å². The topological polar surface area (TPSA) is 79.3 Å². The molecule has 3 atom stereocenters. The molecule has 1 aliphatic heterocycles. The summed E-state index contributed by atoms with van der Waals surface area (Å²) in [5.74, 6) is 0. The van der Waals surface area contributed by atoms with Crippen molar-refractivity contribution in [2.24, 2.45) is 0 Å². The minimum absolute atomic E-state index is 0.286. The van der Waals surface area contributed by atoms with Gasteiger partial charge in [-0.1, -0.05) is 0 Å². The van der Waals surface area contributed by atoms with E-state index in [0.717, 1.165) is 0 Å². The minimum atomic E-state index is -0.808. The van der Waals surface area contributed by atoms with Gasteiger partial charge in [0.25, 0.3) is 0 Å². The Hall–Kier alpha value is -1.50. The number of carbonyl (C=O) groups is 2. The van der Waals surface area contributed by atoms with Crippen LogP contribution in [0.4, 0.5) is 9.59 Å². The number of rotatable bonds is 1. The van der Waals surface area contributed by atoms with Gasteiger partial charge in [-0.25, -0.2) is 9.59 Å². The van der Waals surface area contributed by atoms with Gasteiger partial charge < -0.3 is 19.5 Å². The molecule has 0 bridgehead atoms. The van der Waals surface area contributed by atoms with Gasteiger partial charge in [-0.15, -0.1) is 0 Å². The Kier molecular flexibility index (Phi) is 6.14. The number of piperazine rings is 1. The SMILES string of the molecule is CC(O)C1C(C)N(C(=O)OC(C)(C)C)CCN1C(=O)OC(C)(C)C. The molecule has 1 fully saturated rings. The zero-order chi connectivity index (χ0) is 18.9. The average Bonchev–Trinajstić information content (AvgIpc) is 2.33. The third kappa shape index (κ3) is 5.54. The molecule has 1 saturated heterocycles. The predicted molar refractivity (Wildman–Crippen MR) is 90.8 cm³/mol. The molecule has 1 N–H and O–H groups in total. The molecule has 0 aromatic rings. The maximum absolute atomic E-state index is 12.4. The van der Waals surface area contributed by atoms with Gasteiger partial charge in [0.2, 0.25) is 0 Å². The van der Waals surface area contributed by atoms with Gasteiger partial charge in [0, 0.05) is 13.1 Å². The van der Waals surface area contributed by atoms with Gasteiger partial charge in [-0.2, -0.15) is 0 Å². The van der Waals surface area contributed by atoms with Crippen LogP contribution < -0.4 is 0 Å². The smallest absolute Gasteiger partial charge is 0.410 e. The molecule has 7 nitrogen and oxygen atoms in total. The van der Waals surface area contributed by atoms with Gasteiger partial charge in [0.15, 0.2) is 0 Å². The van der Waals surface area contributed by atoms with E-state index in [1.807, 2.05) is 0 Å². The predicted octanol–water partition coefficient (Wildman–Crippen LogP) is 2.61. The Balaban J connectivity index is 2.93. The first kappa shape index (κ1) is 20.5. The molecule has 24 heavy (non-hydrogen) atoms. The maximum atomic E-state index is 12.4. The number of aliphatic hydroxyl groups excluding tert-OH is 1. The fourth-order valence-corrected chi connectivity index (χ4v) is 2.79. The Morgan fingerprint density at radius 3 is 1.71 bits per heavy atom. The van der Waals surface area contributed by atoms with Crippen molar-refractivity contribution >= 4 is 12.2 Å². The molecular formula is C17H32N2O5. The second kappa shape index (κ2) is 7.17. The minimum Gasteiger partial charge on any atom is -0.444 e. The molecule has 0 aromatic heterocycles. The van der Waals surface area contributed by atoms with Crippen LogP contribution in [0.25, 0.3) is 0 Å². The Morgan fingerprint density at radius 1 is 0.958 bits per heavy atom. The van der Waals surface area contributed by atoms with Gasteiger partial charge in [-0.05, 0) is 55.4 Å². The second-order valence-corrected chi connectivity index (χ2v) is 8.32. The van der Waals surface area contributed by atoms with Crippen molar-refractivity contribution in [3.63, 3.8) is 0 Å². The number of carbonyl (C=O) groups excluding carboxylic acids is 2. The van der Waals surface area contributed by atoms with E-state index < -0.39 is 35.5 Å². The van der Waals surface area contributed by atoms with Crippen LogP contribution in [0.2, 0.25) is 0 Å². The third-order valence-corrected chi connectivity index (χ3v) is 3.68. The molecule has 140 valence electrons. The van der Waals surface area contributed by atoms with Crippen LogP contribution in [0, 0.1) is 0 Å². The van der Waals surface area contributed by atoms with Crippen LogP contribution in [0.15, 0.2) is 0 Å². The summed E-state index contributed by atoms with van der Waals surface area (Å²) in [5.41, 5.74) is -1.22. The highest BCUT2D eigenvalue weighted by atomic mass is 16.6. The fourth-order valence-electron chi connectivity index (χ4n) is 2.79. The van der Waals surface area contributed by atoms with Crippen molar-refractivity contribution in [2.75, 3.05) is 13.1 Å². The highest BCUT2D eigenvalue weighted by molar-refractivity contribution is 5.71. The molecule has 0 spiro atoms. The Labute approximate surface area is 144 Å². The summed E-state index contributed by atoms with van der Waals surface area (Å²) in [7, 11) is 0. The summed E-state index contributed by atoms with van der Waals surface area (Å²) in [6.45, 7) is 14.8. The van der Waals surface area contributed by atoms with Crippen molar-refractivity contribution in [1.82, 2.24) is 9.80 Å². The molecule has 0 saturated carbocycles. The van der Waals surface area contributed by atoms with E-state index in [1.54, 1.807) is 60.3 Å². The average molecular weight is 344 g/mol. The first-order valence-electron chi connectivity index (χ1n) is 8.40. The lowest BCUT2D eigenvalue weighted by molar-refractivity contribution is -0.0553. The molecule has 1 aliphatic rings. The lowest BCUT2D eigenvalue weighted by Crippen LogP contribution is -2.65. The van der Waals surface area contributed by atoms with E-state index in [4.69, 9.17) is 9.47 Å². The number of amides is 2. The molecule has 2 amide bonds. The molecule has 0 radical (unpaired) electrons. The molecule has 3 unspecified atom stereocenters. The first-order valence-corrected chi connectivity index (χ1v) is 8.40. The fraction of sp³-hybridized carbons (Fsp3) is 0.882. The van der Waals surface area contributed by atoms with Crippen molar-refractivity contribution in [1.29, 1.82) is 0 Å². The van der Waals surface area contributed by atoms with Crippen molar-refractivity contribution < 1.29 is 24.2 Å². The van der Waals surface area contributed by atoms with Crippen LogP contribution in [-0.4, -0.2) is 69.6 Å². The zero-order valence-electron chi connectivity index (χ0n) is 16.1. The summed E-state index contributed by atoms with van der Waals surface area (Å²) in [6, 6.07) is -0.942. The molecule has 1 heterocycles. The summed E-state index contributed by atoms with van der Waals surface area (Å²) in [5, 5.41) is 10.2. The van der Waals surface area contributed by atoms with Crippen molar-refractivity contribution in [2.45, 2.75) is 84.8 Å². The van der Waals surface area contributed by atoms with Crippen LogP contribution in [0.1, 0.15) is 55.4 Å². The van der Waals surface area contributed by atoms with Crippen molar-refractivity contribution in [3.05, 3.63) is 0 Å². The molecule has 7 heteroatoms. The highest BCUT2D eigenvalue weighted by Gasteiger charge is 2.43. The summed E-state index contributed by atoms with van der Waals surface area (Å²) < 4.78 is 10.8. The number of hydrogen-bond acceptors (Lipinski definition) is 5. The largest absolute Gasteiger partial charge is 0.444 e. The summed E-state index contributed by atoms with van der Waals surface area (Å²) in [4.78, 5) is 27.9. The molecular weight excluding hydrogens is 312 g/mol. The Morgan fingerprint density at radius 2 is 1.33 bits per heavy atom. The highest BCUT2D eigenvalue weighted by Crippen LogP contribution is 2.24. The molecule has 1 rings (SSSR count). The lowest BCUT2D eigenvalue weighted by atomic mass is 9.99. The monoisotopic (exact) mass is 344 g/mol. The van der Waals surface area contributed by atoms with Crippen LogP contribution in [-0.2, 0) is 9.47 Å². The van der Waals surface area contributed by atoms with E-state index in [9.17, 15) is 14.7 Å². The van der Waals surface area contributed by atoms with E-state index in [0.29, 0.717) is 6.54 Å². The Bertz CT molecular complexity index is 465. The number of aliphatic hydroxyl groups is 1. The zero-order valence-corrected chi connectivity index (χ0v) is 16.1. The number of hydrogen-bond donors (Lipinski definition) is 1. The first-order chi connectivity index (χ1) is 10.7. The van der Waals surface area contributed by atoms with E-state index in [1.165, 1.54) is 4.90 Å². The third-order valence-electron chi connectivity index (χ3n) is 3.68. The quantitative estimate of drug-likeness (QED) is 0.791. The van der Waals surface area contributed by atoms with E-state index >= 15 is 0 Å². The standard InChI is InChI=1S/C17H32N2O5/c1-11-13(12(2)20)19(15(22)24-17(6,7)8)10-9-18(11)14(21)23-16(3,4)5/h11-13,20H,9-10H2,1-8H3. The van der Waals surface area contributed by atoms with Crippen LogP contribution in [0.5, 0.6) is 0 Å². The van der Waals surface area contributed by atoms with Gasteiger partial charge in [-0.3, -0.25) is 4.90 Å². The van der Waals surface area contributed by atoms with E-state index in [-0.39, 0.29) is 12.6 Å². The van der Waals surface area contributed by atoms with E-state index in [2.05, 4.69) is 0 Å². The van der Waals surface area contributed by atoms with Gasteiger partial charge in [0.05, 0.1) is 18.2 Å². The number of nitrogens with zero attached hydrogens (tertiary/aromatic N) is 2. The molecule has 0 aliphatic carbocycles. The maximum Gasteiger partial charge on any atom is 0.410 e. The van der Waals surface area contributed by atoms with Crippen LogP contribution >= 0.6 is 0 Å². The number of ether oxygens (including phenoxy) is 2. The molecule has 0 aromatic carbocycles. The van der Waals surface area contributed by atoms with Gasteiger partial charge >= 0.3 is 12.2 Å².